The molecule has 114 valence electrons. The van der Waals surface area contributed by atoms with Gasteiger partial charge in [0.25, 0.3) is 0 Å². The van der Waals surface area contributed by atoms with Gasteiger partial charge in [-0.2, -0.15) is 0 Å². The van der Waals surface area contributed by atoms with Crippen LogP contribution in [0.4, 0.5) is 0 Å². The third-order valence-corrected chi connectivity index (χ3v) is 4.12. The van der Waals surface area contributed by atoms with Gasteiger partial charge in [0, 0.05) is 32.8 Å². The highest BCUT2D eigenvalue weighted by molar-refractivity contribution is 7.89. The Balaban J connectivity index is 2.18. The van der Waals surface area contributed by atoms with Crippen molar-refractivity contribution in [1.29, 1.82) is 0 Å². The van der Waals surface area contributed by atoms with E-state index in [0.717, 1.165) is 13.1 Å². The summed E-state index contributed by atoms with van der Waals surface area (Å²) in [5.74, 6) is -0.0783. The SMILES string of the molecule is CCOCCS(=O)(=O)NC[C@@H](O)CN1CCOCC1. The van der Waals surface area contributed by atoms with Gasteiger partial charge in [-0.05, 0) is 6.92 Å². The van der Waals surface area contributed by atoms with E-state index in [2.05, 4.69) is 9.62 Å². The molecule has 0 aromatic carbocycles. The Morgan fingerprint density at radius 1 is 1.42 bits per heavy atom. The van der Waals surface area contributed by atoms with Gasteiger partial charge < -0.3 is 14.6 Å². The van der Waals surface area contributed by atoms with Gasteiger partial charge in [0.1, 0.15) is 0 Å². The number of morpholine rings is 1. The van der Waals surface area contributed by atoms with E-state index in [9.17, 15) is 13.5 Å². The lowest BCUT2D eigenvalue weighted by Crippen LogP contribution is -2.45. The molecule has 0 radical (unpaired) electrons. The molecule has 0 aromatic heterocycles. The van der Waals surface area contributed by atoms with Crippen LogP contribution in [-0.2, 0) is 19.5 Å². The van der Waals surface area contributed by atoms with Crippen LogP contribution in [0.25, 0.3) is 0 Å². The van der Waals surface area contributed by atoms with Crippen LogP contribution >= 0.6 is 0 Å². The average Bonchev–Trinajstić information content (AvgIpc) is 2.38. The molecule has 7 nitrogen and oxygen atoms in total. The molecule has 1 saturated heterocycles. The van der Waals surface area contributed by atoms with Crippen molar-refractivity contribution in [1.82, 2.24) is 9.62 Å². The zero-order valence-corrected chi connectivity index (χ0v) is 12.2. The predicted molar refractivity (Wildman–Crippen MR) is 71.5 cm³/mol. The largest absolute Gasteiger partial charge is 0.390 e. The molecule has 0 amide bonds. The Morgan fingerprint density at radius 3 is 2.74 bits per heavy atom. The molecule has 2 N–H and O–H groups in total. The number of aliphatic hydroxyl groups is 1. The van der Waals surface area contributed by atoms with Gasteiger partial charge >= 0.3 is 0 Å². The maximum atomic E-state index is 11.6. The summed E-state index contributed by atoms with van der Waals surface area (Å²) < 4.78 is 35.7. The maximum absolute atomic E-state index is 11.6. The molecule has 0 saturated carbocycles. The summed E-state index contributed by atoms with van der Waals surface area (Å²) in [5, 5.41) is 9.80. The number of hydrogen-bond acceptors (Lipinski definition) is 6. The zero-order chi connectivity index (χ0) is 14.1. The minimum Gasteiger partial charge on any atom is -0.390 e. The average molecular weight is 296 g/mol. The fourth-order valence-electron chi connectivity index (χ4n) is 1.75. The number of nitrogens with zero attached hydrogens (tertiary/aromatic N) is 1. The molecular weight excluding hydrogens is 272 g/mol. The minimum absolute atomic E-state index is 0.0335. The van der Waals surface area contributed by atoms with Crippen molar-refractivity contribution >= 4 is 10.0 Å². The minimum atomic E-state index is -3.37. The number of rotatable bonds is 9. The Hall–Kier alpha value is -0.250. The van der Waals surface area contributed by atoms with Crippen molar-refractivity contribution in [2.24, 2.45) is 0 Å². The molecule has 0 bridgehead atoms. The normalized spacial score (nSPS) is 19.5. The van der Waals surface area contributed by atoms with E-state index in [4.69, 9.17) is 9.47 Å². The van der Waals surface area contributed by atoms with Gasteiger partial charge in [-0.15, -0.1) is 0 Å². The molecule has 0 aromatic rings. The van der Waals surface area contributed by atoms with Gasteiger partial charge in [-0.3, -0.25) is 4.90 Å². The fourth-order valence-corrected chi connectivity index (χ4v) is 2.68. The summed E-state index contributed by atoms with van der Waals surface area (Å²) in [6.07, 6.45) is -0.708. The molecule has 1 fully saturated rings. The van der Waals surface area contributed by atoms with Crippen LogP contribution in [0.5, 0.6) is 0 Å². The van der Waals surface area contributed by atoms with Gasteiger partial charge in [-0.25, -0.2) is 13.1 Å². The zero-order valence-electron chi connectivity index (χ0n) is 11.4. The Morgan fingerprint density at radius 2 is 2.11 bits per heavy atom. The first kappa shape index (κ1) is 16.8. The Kier molecular flexibility index (Phi) is 7.81. The van der Waals surface area contributed by atoms with Crippen LogP contribution in [0.3, 0.4) is 0 Å². The molecule has 1 heterocycles. The van der Waals surface area contributed by atoms with Crippen molar-refractivity contribution < 1.29 is 23.0 Å². The smallest absolute Gasteiger partial charge is 0.213 e. The predicted octanol–water partition coefficient (Wildman–Crippen LogP) is -1.36. The number of β-amino-alcohol motifs (C(OH)–C–C–N with tert-alkyl or cyclic N) is 1. The summed E-state index contributed by atoms with van der Waals surface area (Å²) in [6, 6.07) is 0. The van der Waals surface area contributed by atoms with Gasteiger partial charge in [-0.1, -0.05) is 0 Å². The third-order valence-electron chi connectivity index (χ3n) is 2.81. The van der Waals surface area contributed by atoms with Crippen molar-refractivity contribution in [2.75, 3.05) is 58.4 Å². The van der Waals surface area contributed by atoms with E-state index in [1.54, 1.807) is 0 Å². The van der Waals surface area contributed by atoms with Gasteiger partial charge in [0.05, 0.1) is 31.7 Å². The number of ether oxygens (including phenoxy) is 2. The van der Waals surface area contributed by atoms with E-state index in [-0.39, 0.29) is 18.9 Å². The van der Waals surface area contributed by atoms with Crippen LogP contribution in [-0.4, -0.2) is 82.9 Å². The molecule has 0 unspecified atom stereocenters. The molecule has 1 aliphatic heterocycles. The van der Waals surface area contributed by atoms with Crippen LogP contribution in [0.1, 0.15) is 6.92 Å². The lowest BCUT2D eigenvalue weighted by Gasteiger charge is -2.28. The highest BCUT2D eigenvalue weighted by Crippen LogP contribution is 1.98. The first-order chi connectivity index (χ1) is 9.03. The van der Waals surface area contributed by atoms with E-state index in [1.807, 2.05) is 6.92 Å². The maximum Gasteiger partial charge on any atom is 0.213 e. The van der Waals surface area contributed by atoms with E-state index >= 15 is 0 Å². The number of hydrogen-bond donors (Lipinski definition) is 2. The van der Waals surface area contributed by atoms with Crippen LogP contribution in [0.2, 0.25) is 0 Å². The number of nitrogens with one attached hydrogen (secondary N) is 1. The summed E-state index contributed by atoms with van der Waals surface area (Å²) in [6.45, 7) is 5.83. The van der Waals surface area contributed by atoms with Crippen LogP contribution in [0.15, 0.2) is 0 Å². The van der Waals surface area contributed by atoms with Gasteiger partial charge in [0.15, 0.2) is 0 Å². The van der Waals surface area contributed by atoms with Crippen molar-refractivity contribution in [3.05, 3.63) is 0 Å². The van der Waals surface area contributed by atoms with Crippen molar-refractivity contribution in [3.63, 3.8) is 0 Å². The molecule has 1 rings (SSSR count). The lowest BCUT2D eigenvalue weighted by molar-refractivity contribution is 0.0158. The van der Waals surface area contributed by atoms with Crippen LogP contribution < -0.4 is 4.72 Å². The number of sulfonamides is 1. The monoisotopic (exact) mass is 296 g/mol. The van der Waals surface area contributed by atoms with Crippen molar-refractivity contribution in [3.8, 4) is 0 Å². The number of aliphatic hydroxyl groups excluding tert-OH is 1. The topological polar surface area (TPSA) is 88.1 Å². The molecule has 0 spiro atoms. The third kappa shape index (κ3) is 7.81. The molecule has 19 heavy (non-hydrogen) atoms. The first-order valence-corrected chi connectivity index (χ1v) is 8.22. The molecular formula is C11H24N2O5S. The molecule has 8 heteroatoms. The first-order valence-electron chi connectivity index (χ1n) is 6.56. The molecule has 1 aliphatic rings. The second kappa shape index (κ2) is 8.83. The molecule has 1 atom stereocenters. The standard InChI is InChI=1S/C11H24N2O5S/c1-2-17-7-8-19(15,16)12-9-11(14)10-13-3-5-18-6-4-13/h11-12,14H,2-10H2,1H3/t11-/m1/s1. The Bertz CT molecular complexity index is 330. The second-order valence-corrected chi connectivity index (χ2v) is 6.36. The fraction of sp³-hybridized carbons (Fsp3) is 1.00. The summed E-state index contributed by atoms with van der Waals surface area (Å²) in [5.41, 5.74) is 0. The highest BCUT2D eigenvalue weighted by atomic mass is 32.2. The van der Waals surface area contributed by atoms with Crippen molar-refractivity contribution in [2.45, 2.75) is 13.0 Å². The summed E-state index contributed by atoms with van der Waals surface area (Å²) in [7, 11) is -3.37. The lowest BCUT2D eigenvalue weighted by atomic mass is 10.3. The quantitative estimate of drug-likeness (QED) is 0.511. The Labute approximate surface area is 114 Å². The van der Waals surface area contributed by atoms with E-state index < -0.39 is 16.1 Å². The van der Waals surface area contributed by atoms with E-state index in [0.29, 0.717) is 26.4 Å². The second-order valence-electron chi connectivity index (χ2n) is 4.43. The summed E-state index contributed by atoms with van der Waals surface area (Å²) >= 11 is 0. The highest BCUT2D eigenvalue weighted by Gasteiger charge is 2.17. The van der Waals surface area contributed by atoms with E-state index in [1.165, 1.54) is 0 Å². The molecule has 0 aliphatic carbocycles. The van der Waals surface area contributed by atoms with Crippen LogP contribution in [0, 0.1) is 0 Å². The van der Waals surface area contributed by atoms with Gasteiger partial charge in [0.2, 0.25) is 10.0 Å². The summed E-state index contributed by atoms with van der Waals surface area (Å²) in [4.78, 5) is 2.06.